The van der Waals surface area contributed by atoms with Crippen LogP contribution in [0.4, 0.5) is 14.5 Å². The van der Waals surface area contributed by atoms with E-state index < -0.39 is 22.4 Å². The van der Waals surface area contributed by atoms with E-state index in [2.05, 4.69) is 10.3 Å². The van der Waals surface area contributed by atoms with Crippen molar-refractivity contribution in [3.8, 4) is 0 Å². The Morgan fingerprint density at radius 3 is 2.21 bits per heavy atom. The minimum absolute atomic E-state index is 0.135. The maximum absolute atomic E-state index is 13.4. The van der Waals surface area contributed by atoms with Gasteiger partial charge in [-0.15, -0.1) is 0 Å². The third kappa shape index (κ3) is 5.50. The highest BCUT2D eigenvalue weighted by Gasteiger charge is 2.14. The Morgan fingerprint density at radius 2 is 1.58 bits per heavy atom. The molecule has 8 heteroatoms. The number of pyridine rings is 1. The number of halogens is 3. The summed E-state index contributed by atoms with van der Waals surface area (Å²) in [5.41, 5.74) is 2.45. The first-order valence-electron chi connectivity index (χ1n) is 9.87. The Bertz CT molecular complexity index is 1310. The number of nitrogens with zero attached hydrogens (tertiary/aromatic N) is 1. The van der Waals surface area contributed by atoms with E-state index in [1.807, 2.05) is 24.3 Å². The van der Waals surface area contributed by atoms with Gasteiger partial charge in [-0.25, -0.2) is 13.0 Å². The fourth-order valence-electron chi connectivity index (χ4n) is 3.05. The summed E-state index contributed by atoms with van der Waals surface area (Å²) in [5.74, 6) is -2.36. The molecule has 4 nitrogen and oxygen atoms in total. The van der Waals surface area contributed by atoms with Crippen LogP contribution in [0.25, 0.3) is 0 Å². The van der Waals surface area contributed by atoms with Gasteiger partial charge in [-0.05, 0) is 72.3 Å². The summed E-state index contributed by atoms with van der Waals surface area (Å²) in [6.07, 6.45) is 1.58. The van der Waals surface area contributed by atoms with Crippen molar-refractivity contribution in [2.75, 3.05) is 5.32 Å². The van der Waals surface area contributed by atoms with E-state index in [9.17, 15) is 17.8 Å². The van der Waals surface area contributed by atoms with Gasteiger partial charge in [0.25, 0.3) is 0 Å². The molecule has 33 heavy (non-hydrogen) atoms. The molecule has 0 spiro atoms. The summed E-state index contributed by atoms with van der Waals surface area (Å²) < 4.78 is 39.1. The van der Waals surface area contributed by atoms with E-state index >= 15 is 0 Å². The van der Waals surface area contributed by atoms with Crippen molar-refractivity contribution < 1.29 is 17.8 Å². The molecule has 1 atom stereocenters. The Hall–Kier alpha value is -3.42. The number of nitrogens with one attached hydrogen (secondary N) is 1. The molecule has 0 aliphatic carbocycles. The number of carbonyl (C=O) groups excluding carboxylic acids is 1. The van der Waals surface area contributed by atoms with Gasteiger partial charge in [0, 0.05) is 26.9 Å². The Labute approximate surface area is 196 Å². The molecular weight excluding hydrogens is 466 g/mol. The lowest BCUT2D eigenvalue weighted by Crippen LogP contribution is -2.06. The minimum atomic E-state index is -1.70. The smallest absolute Gasteiger partial charge is 0.211 e. The SMILES string of the molecule is O=C(c1ccc(S(=O)c2ccc(F)c(F)c2)cc1)c1ccc(NCc2ccc(Cl)cc2)cn1. The topological polar surface area (TPSA) is 59.1 Å². The highest BCUT2D eigenvalue weighted by atomic mass is 35.5. The van der Waals surface area contributed by atoms with E-state index in [1.54, 1.807) is 18.3 Å². The van der Waals surface area contributed by atoms with Crippen molar-refractivity contribution in [3.05, 3.63) is 119 Å². The predicted molar refractivity (Wildman–Crippen MR) is 124 cm³/mol. The highest BCUT2D eigenvalue weighted by Crippen LogP contribution is 2.20. The monoisotopic (exact) mass is 482 g/mol. The van der Waals surface area contributed by atoms with Crippen LogP contribution in [0.15, 0.2) is 94.9 Å². The Kier molecular flexibility index (Phi) is 6.91. The summed E-state index contributed by atoms with van der Waals surface area (Å²) in [4.78, 5) is 17.5. The summed E-state index contributed by atoms with van der Waals surface area (Å²) >= 11 is 5.89. The van der Waals surface area contributed by atoms with Gasteiger partial charge in [0.05, 0.1) is 22.7 Å². The number of anilines is 1. The van der Waals surface area contributed by atoms with E-state index in [1.165, 1.54) is 30.3 Å². The predicted octanol–water partition coefficient (Wildman–Crippen LogP) is 6.02. The molecule has 0 saturated carbocycles. The largest absolute Gasteiger partial charge is 0.380 e. The van der Waals surface area contributed by atoms with Crippen LogP contribution in [0.1, 0.15) is 21.6 Å². The zero-order chi connectivity index (χ0) is 23.4. The first-order chi connectivity index (χ1) is 15.9. The molecule has 0 aliphatic heterocycles. The van der Waals surface area contributed by atoms with Gasteiger partial charge < -0.3 is 5.32 Å². The molecule has 1 aromatic heterocycles. The van der Waals surface area contributed by atoms with Crippen molar-refractivity contribution >= 4 is 33.9 Å². The van der Waals surface area contributed by atoms with Crippen LogP contribution in [-0.4, -0.2) is 15.0 Å². The number of carbonyl (C=O) groups is 1. The van der Waals surface area contributed by atoms with Crippen LogP contribution >= 0.6 is 11.6 Å². The van der Waals surface area contributed by atoms with Gasteiger partial charge in [0.15, 0.2) is 11.6 Å². The van der Waals surface area contributed by atoms with Gasteiger partial charge in [-0.2, -0.15) is 0 Å². The molecule has 0 aliphatic rings. The lowest BCUT2D eigenvalue weighted by Gasteiger charge is -2.08. The lowest BCUT2D eigenvalue weighted by molar-refractivity contribution is 0.103. The van der Waals surface area contributed by atoms with Crippen LogP contribution in [0, 0.1) is 11.6 Å². The average molecular weight is 483 g/mol. The minimum Gasteiger partial charge on any atom is -0.380 e. The third-order valence-electron chi connectivity index (χ3n) is 4.84. The molecule has 1 heterocycles. The van der Waals surface area contributed by atoms with E-state index in [4.69, 9.17) is 11.6 Å². The molecule has 4 rings (SSSR count). The van der Waals surface area contributed by atoms with Crippen LogP contribution < -0.4 is 5.32 Å². The van der Waals surface area contributed by atoms with Crippen LogP contribution in [0.5, 0.6) is 0 Å². The first kappa shape index (κ1) is 22.8. The van der Waals surface area contributed by atoms with Gasteiger partial charge >= 0.3 is 0 Å². The van der Waals surface area contributed by atoms with Gasteiger partial charge in [0.1, 0.15) is 5.69 Å². The van der Waals surface area contributed by atoms with Crippen molar-refractivity contribution in [3.63, 3.8) is 0 Å². The molecule has 0 radical (unpaired) electrons. The van der Waals surface area contributed by atoms with Crippen molar-refractivity contribution in [1.82, 2.24) is 4.98 Å². The van der Waals surface area contributed by atoms with Gasteiger partial charge in [-0.1, -0.05) is 23.7 Å². The van der Waals surface area contributed by atoms with E-state index in [-0.39, 0.29) is 16.4 Å². The molecule has 0 saturated heterocycles. The van der Waals surface area contributed by atoms with Crippen molar-refractivity contribution in [1.29, 1.82) is 0 Å². The Balaban J connectivity index is 1.41. The van der Waals surface area contributed by atoms with E-state index in [0.717, 1.165) is 23.4 Å². The summed E-state index contributed by atoms with van der Waals surface area (Å²) in [5, 5.41) is 3.90. The molecule has 1 unspecified atom stereocenters. The lowest BCUT2D eigenvalue weighted by atomic mass is 10.1. The molecule has 166 valence electrons. The molecule has 0 bridgehead atoms. The number of ketones is 1. The highest BCUT2D eigenvalue weighted by molar-refractivity contribution is 7.85. The van der Waals surface area contributed by atoms with Crippen LogP contribution in [0.3, 0.4) is 0 Å². The second-order valence-corrected chi connectivity index (χ2v) is 9.03. The summed E-state index contributed by atoms with van der Waals surface area (Å²) in [6.45, 7) is 0.586. The van der Waals surface area contributed by atoms with Gasteiger partial charge in [-0.3, -0.25) is 9.78 Å². The standard InChI is InChI=1S/C25H17ClF2N2O2S/c26-18-5-1-16(2-6-18)14-29-19-7-12-24(30-15-19)25(31)17-3-8-20(9-4-17)33(32)21-10-11-22(27)23(28)13-21/h1-13,15,29H,14H2. The molecule has 1 N–H and O–H groups in total. The fraction of sp³-hybridized carbons (Fsp3) is 0.0400. The number of aromatic nitrogens is 1. The van der Waals surface area contributed by atoms with E-state index in [0.29, 0.717) is 22.0 Å². The molecule has 0 amide bonds. The second-order valence-electron chi connectivity index (χ2n) is 7.11. The quantitative estimate of drug-likeness (QED) is 0.327. The maximum atomic E-state index is 13.4. The molecular formula is C25H17ClF2N2O2S. The maximum Gasteiger partial charge on any atom is 0.211 e. The van der Waals surface area contributed by atoms with Crippen LogP contribution in [0.2, 0.25) is 5.02 Å². The molecule has 4 aromatic rings. The van der Waals surface area contributed by atoms with Gasteiger partial charge in [0.2, 0.25) is 5.78 Å². The zero-order valence-electron chi connectivity index (χ0n) is 17.1. The fourth-order valence-corrected chi connectivity index (χ4v) is 4.23. The molecule has 3 aromatic carbocycles. The van der Waals surface area contributed by atoms with Crippen molar-refractivity contribution in [2.45, 2.75) is 16.3 Å². The normalized spacial score (nSPS) is 11.7. The van der Waals surface area contributed by atoms with Crippen LogP contribution in [-0.2, 0) is 17.3 Å². The zero-order valence-corrected chi connectivity index (χ0v) is 18.7. The second kappa shape index (κ2) is 10.0. The third-order valence-corrected chi connectivity index (χ3v) is 6.48. The molecule has 0 fully saturated rings. The number of hydrogen-bond donors (Lipinski definition) is 1. The first-order valence-corrected chi connectivity index (χ1v) is 11.4. The Morgan fingerprint density at radius 1 is 0.879 bits per heavy atom. The number of hydrogen-bond acceptors (Lipinski definition) is 4. The van der Waals surface area contributed by atoms with Crippen molar-refractivity contribution in [2.24, 2.45) is 0 Å². The number of benzene rings is 3. The average Bonchev–Trinajstić information content (AvgIpc) is 2.85. The summed E-state index contributed by atoms with van der Waals surface area (Å²) in [6, 6.07) is 20.1. The summed E-state index contributed by atoms with van der Waals surface area (Å²) in [7, 11) is -1.70. The number of rotatable bonds is 7.